The predicted molar refractivity (Wildman–Crippen MR) is 128 cm³/mol. The molecule has 0 radical (unpaired) electrons. The molecule has 1 saturated heterocycles. The molecule has 5 rings (SSSR count). The first kappa shape index (κ1) is 21.1. The quantitative estimate of drug-likeness (QED) is 0.591. The van der Waals surface area contributed by atoms with E-state index in [0.29, 0.717) is 36.1 Å². The Kier molecular flexibility index (Phi) is 6.23. The maximum atomic E-state index is 12.5. The molecular formula is C25H27N5O3. The van der Waals surface area contributed by atoms with Gasteiger partial charge in [0.05, 0.1) is 5.69 Å². The first-order valence-electron chi connectivity index (χ1n) is 11.4. The number of urea groups is 1. The zero-order chi connectivity index (χ0) is 22.5. The number of carbonyl (C=O) groups excluding carboxylic acids is 1. The molecule has 0 aliphatic carbocycles. The molecule has 1 fully saturated rings. The van der Waals surface area contributed by atoms with Crippen LogP contribution in [0.15, 0.2) is 54.6 Å². The SMILES string of the molecule is O=C(Nc1cccc(-c2ccc(N3CCCCCC3)nn2)c1)Nc1ccc2c(c1)OCCO2. The lowest BCUT2D eigenvalue weighted by Gasteiger charge is -2.20. The molecule has 2 amide bonds. The van der Waals surface area contributed by atoms with Gasteiger partial charge < -0.3 is 25.0 Å². The topological polar surface area (TPSA) is 88.6 Å². The van der Waals surface area contributed by atoms with Gasteiger partial charge in [-0.25, -0.2) is 4.79 Å². The number of nitrogens with one attached hydrogen (secondary N) is 2. The number of carbonyl (C=O) groups is 1. The van der Waals surface area contributed by atoms with Crippen molar-refractivity contribution >= 4 is 23.2 Å². The number of amides is 2. The summed E-state index contributed by atoms with van der Waals surface area (Å²) in [4.78, 5) is 14.8. The Bertz CT molecular complexity index is 1110. The fraction of sp³-hybridized carbons (Fsp3) is 0.320. The van der Waals surface area contributed by atoms with E-state index in [1.807, 2.05) is 36.4 Å². The van der Waals surface area contributed by atoms with Crippen LogP contribution >= 0.6 is 0 Å². The van der Waals surface area contributed by atoms with Crippen LogP contribution in [0.25, 0.3) is 11.3 Å². The third kappa shape index (κ3) is 5.16. The van der Waals surface area contributed by atoms with Crippen molar-refractivity contribution in [3.8, 4) is 22.8 Å². The van der Waals surface area contributed by atoms with Gasteiger partial charge in [-0.15, -0.1) is 10.2 Å². The van der Waals surface area contributed by atoms with Crippen LogP contribution < -0.4 is 25.0 Å². The first-order valence-corrected chi connectivity index (χ1v) is 11.4. The van der Waals surface area contributed by atoms with Gasteiger partial charge in [0.25, 0.3) is 0 Å². The van der Waals surface area contributed by atoms with Crippen molar-refractivity contribution in [2.75, 3.05) is 41.8 Å². The van der Waals surface area contributed by atoms with Crippen LogP contribution in [0.2, 0.25) is 0 Å². The van der Waals surface area contributed by atoms with Crippen molar-refractivity contribution in [3.05, 3.63) is 54.6 Å². The van der Waals surface area contributed by atoms with E-state index in [2.05, 4.69) is 25.7 Å². The summed E-state index contributed by atoms with van der Waals surface area (Å²) < 4.78 is 11.1. The molecule has 2 aliphatic heterocycles. The molecule has 8 nitrogen and oxygen atoms in total. The van der Waals surface area contributed by atoms with Crippen molar-refractivity contribution in [2.24, 2.45) is 0 Å². The standard InChI is InChI=1S/C25H27N5O3/c31-25(27-20-8-10-22-23(17-20)33-15-14-32-22)26-19-7-5-6-18(16-19)21-9-11-24(29-28-21)30-12-3-1-2-4-13-30/h5-11,16-17H,1-4,12-15H2,(H2,26,27,31). The van der Waals surface area contributed by atoms with Gasteiger partial charge in [0, 0.05) is 36.1 Å². The number of benzene rings is 2. The van der Waals surface area contributed by atoms with Crippen LogP contribution in [0.3, 0.4) is 0 Å². The summed E-state index contributed by atoms with van der Waals surface area (Å²) in [5, 5.41) is 14.6. The van der Waals surface area contributed by atoms with Crippen molar-refractivity contribution in [1.29, 1.82) is 0 Å². The minimum Gasteiger partial charge on any atom is -0.486 e. The molecule has 1 aromatic heterocycles. The number of ether oxygens (including phenoxy) is 2. The van der Waals surface area contributed by atoms with E-state index in [0.717, 1.165) is 30.2 Å². The molecule has 2 N–H and O–H groups in total. The van der Waals surface area contributed by atoms with Gasteiger partial charge in [-0.05, 0) is 49.2 Å². The van der Waals surface area contributed by atoms with Crippen molar-refractivity contribution < 1.29 is 14.3 Å². The van der Waals surface area contributed by atoms with Gasteiger partial charge in [0.1, 0.15) is 13.2 Å². The largest absolute Gasteiger partial charge is 0.486 e. The highest BCUT2D eigenvalue weighted by atomic mass is 16.6. The Morgan fingerprint density at radius 2 is 1.55 bits per heavy atom. The third-order valence-corrected chi connectivity index (χ3v) is 5.80. The summed E-state index contributed by atoms with van der Waals surface area (Å²) in [7, 11) is 0. The van der Waals surface area contributed by atoms with Crippen LogP contribution in [-0.4, -0.2) is 42.5 Å². The number of hydrogen-bond donors (Lipinski definition) is 2. The van der Waals surface area contributed by atoms with E-state index in [9.17, 15) is 4.79 Å². The Labute approximate surface area is 192 Å². The predicted octanol–water partition coefficient (Wildman–Crippen LogP) is 4.94. The third-order valence-electron chi connectivity index (χ3n) is 5.80. The molecule has 0 spiro atoms. The fourth-order valence-electron chi connectivity index (χ4n) is 4.12. The van der Waals surface area contributed by atoms with Crippen LogP contribution in [0.5, 0.6) is 11.5 Å². The van der Waals surface area contributed by atoms with Gasteiger partial charge in [-0.2, -0.15) is 0 Å². The van der Waals surface area contributed by atoms with E-state index in [1.54, 1.807) is 18.2 Å². The second-order valence-corrected chi connectivity index (χ2v) is 8.20. The van der Waals surface area contributed by atoms with Crippen LogP contribution in [0.4, 0.5) is 22.0 Å². The van der Waals surface area contributed by atoms with Gasteiger partial charge in [0.15, 0.2) is 17.3 Å². The minimum absolute atomic E-state index is 0.341. The molecule has 0 bridgehead atoms. The van der Waals surface area contributed by atoms with E-state index in [1.165, 1.54) is 25.7 Å². The Morgan fingerprint density at radius 3 is 2.30 bits per heavy atom. The Balaban J connectivity index is 1.24. The molecule has 2 aromatic carbocycles. The summed E-state index contributed by atoms with van der Waals surface area (Å²) in [6, 6.07) is 16.6. The molecule has 3 heterocycles. The van der Waals surface area contributed by atoms with Gasteiger partial charge in [-0.3, -0.25) is 0 Å². The average Bonchev–Trinajstić information content (AvgIpc) is 3.14. The van der Waals surface area contributed by atoms with Gasteiger partial charge in [-0.1, -0.05) is 25.0 Å². The number of hydrogen-bond acceptors (Lipinski definition) is 6. The summed E-state index contributed by atoms with van der Waals surface area (Å²) in [5.74, 6) is 2.24. The average molecular weight is 446 g/mol. The lowest BCUT2D eigenvalue weighted by molar-refractivity contribution is 0.171. The maximum absolute atomic E-state index is 12.5. The van der Waals surface area contributed by atoms with Crippen molar-refractivity contribution in [3.63, 3.8) is 0 Å². The second-order valence-electron chi connectivity index (χ2n) is 8.20. The highest BCUT2D eigenvalue weighted by Crippen LogP contribution is 2.32. The Morgan fingerprint density at radius 1 is 0.788 bits per heavy atom. The second kappa shape index (κ2) is 9.77. The summed E-state index contributed by atoms with van der Waals surface area (Å²) in [5.41, 5.74) is 2.95. The zero-order valence-corrected chi connectivity index (χ0v) is 18.4. The van der Waals surface area contributed by atoms with Crippen LogP contribution in [0.1, 0.15) is 25.7 Å². The van der Waals surface area contributed by atoms with Gasteiger partial charge >= 0.3 is 6.03 Å². The lowest BCUT2D eigenvalue weighted by atomic mass is 10.1. The molecule has 0 unspecified atom stereocenters. The fourth-order valence-corrected chi connectivity index (χ4v) is 4.12. The molecule has 8 heteroatoms. The monoisotopic (exact) mass is 445 g/mol. The normalized spacial score (nSPS) is 15.5. The summed E-state index contributed by atoms with van der Waals surface area (Å²) in [6.07, 6.45) is 4.96. The molecule has 0 saturated carbocycles. The molecule has 33 heavy (non-hydrogen) atoms. The van der Waals surface area contributed by atoms with Crippen molar-refractivity contribution in [1.82, 2.24) is 10.2 Å². The molecule has 0 atom stereocenters. The van der Waals surface area contributed by atoms with E-state index in [-0.39, 0.29) is 6.03 Å². The summed E-state index contributed by atoms with van der Waals surface area (Å²) >= 11 is 0. The van der Waals surface area contributed by atoms with Crippen LogP contribution in [-0.2, 0) is 0 Å². The maximum Gasteiger partial charge on any atom is 0.323 e. The van der Waals surface area contributed by atoms with Gasteiger partial charge in [0.2, 0.25) is 0 Å². The number of aromatic nitrogens is 2. The van der Waals surface area contributed by atoms with E-state index >= 15 is 0 Å². The summed E-state index contributed by atoms with van der Waals surface area (Å²) in [6.45, 7) is 3.09. The molecule has 170 valence electrons. The minimum atomic E-state index is -0.341. The smallest absolute Gasteiger partial charge is 0.323 e. The first-order chi connectivity index (χ1) is 16.2. The van der Waals surface area contributed by atoms with Crippen molar-refractivity contribution in [2.45, 2.75) is 25.7 Å². The molecule has 3 aromatic rings. The number of rotatable bonds is 4. The lowest BCUT2D eigenvalue weighted by Crippen LogP contribution is -2.25. The van der Waals surface area contributed by atoms with E-state index < -0.39 is 0 Å². The van der Waals surface area contributed by atoms with E-state index in [4.69, 9.17) is 9.47 Å². The molecular weight excluding hydrogens is 418 g/mol. The molecule has 2 aliphatic rings. The number of nitrogens with zero attached hydrogens (tertiary/aromatic N) is 3. The zero-order valence-electron chi connectivity index (χ0n) is 18.4. The number of fused-ring (bicyclic) bond motifs is 1. The highest BCUT2D eigenvalue weighted by molar-refractivity contribution is 6.00. The highest BCUT2D eigenvalue weighted by Gasteiger charge is 2.14. The Hall–Kier alpha value is -3.81. The number of anilines is 3. The van der Waals surface area contributed by atoms with Crippen LogP contribution in [0, 0.1) is 0 Å².